The van der Waals surface area contributed by atoms with Gasteiger partial charge in [0.15, 0.2) is 0 Å². The molecule has 2 heterocycles. The first kappa shape index (κ1) is 19.1. The summed E-state index contributed by atoms with van der Waals surface area (Å²) in [5.41, 5.74) is 0.875. The molecule has 1 aromatic carbocycles. The quantitative estimate of drug-likeness (QED) is 0.574. The predicted octanol–water partition coefficient (Wildman–Crippen LogP) is 1.80. The van der Waals surface area contributed by atoms with Crippen molar-refractivity contribution in [2.24, 2.45) is 0 Å². The molecule has 1 amide bonds. The molecule has 0 saturated carbocycles. The summed E-state index contributed by atoms with van der Waals surface area (Å²) in [6, 6.07) is 6.50. The number of nitrogens with zero attached hydrogens (tertiary/aromatic N) is 3. The van der Waals surface area contributed by atoms with Crippen LogP contribution in [0.1, 0.15) is 12.0 Å². The predicted molar refractivity (Wildman–Crippen MR) is 102 cm³/mol. The van der Waals surface area contributed by atoms with Crippen molar-refractivity contribution in [2.45, 2.75) is 18.9 Å². The molecule has 0 aliphatic carbocycles. The van der Waals surface area contributed by atoms with Gasteiger partial charge in [-0.15, -0.1) is 0 Å². The Bertz CT molecular complexity index is 619. The van der Waals surface area contributed by atoms with E-state index < -0.39 is 4.92 Å². The minimum absolute atomic E-state index is 0.0533. The number of carbonyl (C=O) groups is 1. The molecule has 0 radical (unpaired) electrons. The van der Waals surface area contributed by atoms with Gasteiger partial charge in [-0.3, -0.25) is 19.8 Å². The average Bonchev–Trinajstić information content (AvgIpc) is 2.88. The Morgan fingerprint density at radius 1 is 1.23 bits per heavy atom. The Balaban J connectivity index is 1.64. The lowest BCUT2D eigenvalue weighted by molar-refractivity contribution is -0.384. The molecule has 0 N–H and O–H groups in total. The fourth-order valence-corrected chi connectivity index (χ4v) is 4.46. The summed E-state index contributed by atoms with van der Waals surface area (Å²) in [6.07, 6.45) is 1.30. The van der Waals surface area contributed by atoms with Gasteiger partial charge in [0.2, 0.25) is 5.91 Å². The van der Waals surface area contributed by atoms with Crippen LogP contribution in [-0.4, -0.2) is 77.6 Å². The highest BCUT2D eigenvalue weighted by atomic mass is 32.2. The van der Waals surface area contributed by atoms with Crippen LogP contribution in [-0.2, 0) is 16.0 Å². The summed E-state index contributed by atoms with van der Waals surface area (Å²) in [5.74, 6) is 2.16. The fourth-order valence-electron chi connectivity index (χ4n) is 3.40. The number of amides is 1. The van der Waals surface area contributed by atoms with Gasteiger partial charge in [-0.1, -0.05) is 12.1 Å². The molecular formula is C18H25N3O4S. The summed E-state index contributed by atoms with van der Waals surface area (Å²) in [5, 5.41) is 10.8. The van der Waals surface area contributed by atoms with E-state index in [1.165, 1.54) is 12.1 Å². The van der Waals surface area contributed by atoms with E-state index in [9.17, 15) is 14.9 Å². The maximum Gasteiger partial charge on any atom is 0.269 e. The molecule has 2 aliphatic rings. The first-order chi connectivity index (χ1) is 12.6. The zero-order valence-electron chi connectivity index (χ0n) is 14.8. The maximum absolute atomic E-state index is 12.9. The number of nitro groups is 1. The highest BCUT2D eigenvalue weighted by Gasteiger charge is 2.28. The van der Waals surface area contributed by atoms with Crippen molar-refractivity contribution in [2.75, 3.05) is 50.9 Å². The second kappa shape index (κ2) is 9.34. The van der Waals surface area contributed by atoms with E-state index in [2.05, 4.69) is 4.90 Å². The number of rotatable bonds is 5. The van der Waals surface area contributed by atoms with Crippen LogP contribution >= 0.6 is 11.8 Å². The molecule has 0 spiro atoms. The lowest BCUT2D eigenvalue weighted by atomic mass is 10.1. The molecule has 26 heavy (non-hydrogen) atoms. The molecule has 7 nitrogen and oxygen atoms in total. The largest absolute Gasteiger partial charge is 0.379 e. The molecule has 8 heteroatoms. The van der Waals surface area contributed by atoms with E-state index in [4.69, 9.17) is 4.74 Å². The Morgan fingerprint density at radius 3 is 2.65 bits per heavy atom. The molecule has 2 fully saturated rings. The van der Waals surface area contributed by atoms with Crippen molar-refractivity contribution < 1.29 is 14.5 Å². The number of ether oxygens (including phenoxy) is 1. The number of hydrogen-bond acceptors (Lipinski definition) is 6. The summed E-state index contributed by atoms with van der Waals surface area (Å²) < 4.78 is 5.42. The van der Waals surface area contributed by atoms with Crippen molar-refractivity contribution in [3.8, 4) is 0 Å². The summed E-state index contributed by atoms with van der Waals surface area (Å²) in [7, 11) is 0. The van der Waals surface area contributed by atoms with Crippen LogP contribution in [0.2, 0.25) is 0 Å². The maximum atomic E-state index is 12.9. The van der Waals surface area contributed by atoms with Gasteiger partial charge >= 0.3 is 0 Å². The van der Waals surface area contributed by atoms with Crippen molar-refractivity contribution in [1.82, 2.24) is 9.80 Å². The molecule has 1 unspecified atom stereocenters. The molecule has 142 valence electrons. The first-order valence-corrected chi connectivity index (χ1v) is 10.2. The SMILES string of the molecule is O=C(Cc1ccc([N+](=O)[O-])cc1)N1CCCSCC1CN1CCOCC1. The van der Waals surface area contributed by atoms with Gasteiger partial charge in [-0.05, 0) is 17.7 Å². The minimum Gasteiger partial charge on any atom is -0.379 e. The van der Waals surface area contributed by atoms with Crippen LogP contribution in [0, 0.1) is 10.1 Å². The summed E-state index contributed by atoms with van der Waals surface area (Å²) in [6.45, 7) is 5.04. The van der Waals surface area contributed by atoms with Gasteiger partial charge in [-0.2, -0.15) is 11.8 Å². The van der Waals surface area contributed by atoms with Gasteiger partial charge in [0, 0.05) is 44.1 Å². The van der Waals surface area contributed by atoms with Crippen molar-refractivity contribution in [3.63, 3.8) is 0 Å². The van der Waals surface area contributed by atoms with Crippen LogP contribution < -0.4 is 0 Å². The van der Waals surface area contributed by atoms with Crippen LogP contribution in [0.3, 0.4) is 0 Å². The highest BCUT2D eigenvalue weighted by Crippen LogP contribution is 2.20. The molecule has 0 bridgehead atoms. The van der Waals surface area contributed by atoms with E-state index in [1.54, 1.807) is 12.1 Å². The Morgan fingerprint density at radius 2 is 1.96 bits per heavy atom. The lowest BCUT2D eigenvalue weighted by Gasteiger charge is -2.35. The highest BCUT2D eigenvalue weighted by molar-refractivity contribution is 7.99. The second-order valence-corrected chi connectivity index (χ2v) is 7.83. The fraction of sp³-hybridized carbons (Fsp3) is 0.611. The lowest BCUT2D eigenvalue weighted by Crippen LogP contribution is -2.50. The molecule has 1 aromatic rings. The van der Waals surface area contributed by atoms with Crippen LogP contribution in [0.15, 0.2) is 24.3 Å². The van der Waals surface area contributed by atoms with Gasteiger partial charge in [-0.25, -0.2) is 0 Å². The van der Waals surface area contributed by atoms with Crippen molar-refractivity contribution in [3.05, 3.63) is 39.9 Å². The Kier molecular flexibility index (Phi) is 6.87. The van der Waals surface area contributed by atoms with Gasteiger partial charge < -0.3 is 9.64 Å². The Hall–Kier alpha value is -1.64. The number of nitro benzene ring substituents is 1. The molecule has 3 rings (SSSR count). The smallest absolute Gasteiger partial charge is 0.269 e. The van der Waals surface area contributed by atoms with E-state index in [1.807, 2.05) is 16.7 Å². The molecule has 0 aromatic heterocycles. The number of carbonyl (C=O) groups excluding carboxylic acids is 1. The summed E-state index contributed by atoms with van der Waals surface area (Å²) >= 11 is 1.92. The van der Waals surface area contributed by atoms with Gasteiger partial charge in [0.25, 0.3) is 5.69 Å². The van der Waals surface area contributed by atoms with Crippen LogP contribution in [0.4, 0.5) is 5.69 Å². The first-order valence-electron chi connectivity index (χ1n) is 9.04. The Labute approximate surface area is 157 Å². The third-order valence-corrected chi connectivity index (χ3v) is 6.03. The van der Waals surface area contributed by atoms with E-state index in [0.29, 0.717) is 6.42 Å². The second-order valence-electron chi connectivity index (χ2n) is 6.68. The van der Waals surface area contributed by atoms with E-state index in [-0.39, 0.29) is 17.6 Å². The third kappa shape index (κ3) is 5.18. The summed E-state index contributed by atoms with van der Waals surface area (Å²) in [4.78, 5) is 27.7. The minimum atomic E-state index is -0.421. The van der Waals surface area contributed by atoms with Gasteiger partial charge in [0.05, 0.1) is 30.6 Å². The molecule has 2 saturated heterocycles. The average molecular weight is 379 g/mol. The monoisotopic (exact) mass is 379 g/mol. The normalized spacial score (nSPS) is 22.0. The number of thioether (sulfide) groups is 1. The zero-order valence-corrected chi connectivity index (χ0v) is 15.7. The van der Waals surface area contributed by atoms with E-state index >= 15 is 0 Å². The van der Waals surface area contributed by atoms with Crippen molar-refractivity contribution in [1.29, 1.82) is 0 Å². The standard InChI is InChI=1S/C18H25N3O4S/c22-18(12-15-2-4-16(5-3-15)21(23)24)20-6-1-11-26-14-17(20)13-19-7-9-25-10-8-19/h2-5,17H,1,6-14H2. The molecular weight excluding hydrogens is 354 g/mol. The zero-order chi connectivity index (χ0) is 18.4. The van der Waals surface area contributed by atoms with E-state index in [0.717, 1.165) is 62.9 Å². The van der Waals surface area contributed by atoms with Crippen LogP contribution in [0.25, 0.3) is 0 Å². The topological polar surface area (TPSA) is 75.9 Å². The van der Waals surface area contributed by atoms with Crippen molar-refractivity contribution >= 4 is 23.4 Å². The third-order valence-electron chi connectivity index (χ3n) is 4.83. The number of benzene rings is 1. The van der Waals surface area contributed by atoms with Crippen LogP contribution in [0.5, 0.6) is 0 Å². The molecule has 1 atom stereocenters. The number of morpholine rings is 1. The number of non-ortho nitro benzene ring substituents is 1. The number of hydrogen-bond donors (Lipinski definition) is 0. The van der Waals surface area contributed by atoms with Gasteiger partial charge in [0.1, 0.15) is 0 Å². The molecule has 2 aliphatic heterocycles.